The zero-order valence-electron chi connectivity index (χ0n) is 11.4. The molecule has 0 atom stereocenters. The van der Waals surface area contributed by atoms with Gasteiger partial charge in [-0.3, -0.25) is 9.78 Å². The summed E-state index contributed by atoms with van der Waals surface area (Å²) in [4.78, 5) is 16.2. The molecule has 0 radical (unpaired) electrons. The maximum atomic E-state index is 11.9. The highest BCUT2D eigenvalue weighted by atomic mass is 16.1. The van der Waals surface area contributed by atoms with Gasteiger partial charge in [-0.1, -0.05) is 48.5 Å². The topological polar surface area (TPSA) is 42.0 Å². The Hall–Kier alpha value is -2.94. The van der Waals surface area contributed by atoms with Crippen LogP contribution in [-0.2, 0) is 4.79 Å². The van der Waals surface area contributed by atoms with Crippen molar-refractivity contribution >= 4 is 28.6 Å². The molecule has 102 valence electrons. The smallest absolute Gasteiger partial charge is 0.248 e. The van der Waals surface area contributed by atoms with Gasteiger partial charge in [0, 0.05) is 11.5 Å². The second-order valence-corrected chi connectivity index (χ2v) is 4.65. The molecule has 0 aliphatic rings. The number of carbonyl (C=O) groups is 1. The Labute approximate surface area is 123 Å². The molecule has 1 aromatic heterocycles. The predicted molar refractivity (Wildman–Crippen MR) is 85.8 cm³/mol. The lowest BCUT2D eigenvalue weighted by Gasteiger charge is -2.03. The minimum absolute atomic E-state index is 0.170. The van der Waals surface area contributed by atoms with E-state index in [2.05, 4.69) is 10.3 Å². The molecule has 1 N–H and O–H groups in total. The number of amides is 1. The Morgan fingerprint density at radius 1 is 1.00 bits per heavy atom. The zero-order chi connectivity index (χ0) is 14.5. The molecule has 3 heteroatoms. The maximum absolute atomic E-state index is 11.9. The second kappa shape index (κ2) is 6.01. The Morgan fingerprint density at radius 2 is 1.76 bits per heavy atom. The lowest BCUT2D eigenvalue weighted by Crippen LogP contribution is -2.07. The van der Waals surface area contributed by atoms with Gasteiger partial charge in [0.15, 0.2) is 0 Å². The minimum Gasteiger partial charge on any atom is -0.321 e. The highest BCUT2D eigenvalue weighted by molar-refractivity contribution is 6.02. The van der Waals surface area contributed by atoms with Crippen molar-refractivity contribution in [2.24, 2.45) is 0 Å². The summed E-state index contributed by atoms with van der Waals surface area (Å²) in [5.41, 5.74) is 2.59. The summed E-state index contributed by atoms with van der Waals surface area (Å²) in [6.07, 6.45) is 4.96. The molecule has 0 saturated carbocycles. The number of nitrogens with one attached hydrogen (secondary N) is 1. The summed E-state index contributed by atoms with van der Waals surface area (Å²) < 4.78 is 0. The van der Waals surface area contributed by atoms with Crippen molar-refractivity contribution in [1.82, 2.24) is 4.98 Å². The third kappa shape index (κ3) is 3.34. The summed E-state index contributed by atoms with van der Waals surface area (Å²) in [7, 11) is 0. The largest absolute Gasteiger partial charge is 0.321 e. The zero-order valence-corrected chi connectivity index (χ0v) is 11.4. The SMILES string of the molecule is O=C(/C=C/c1ccccc1)Nc1cnc2ccccc2c1. The van der Waals surface area contributed by atoms with Gasteiger partial charge in [0.25, 0.3) is 0 Å². The predicted octanol–water partition coefficient (Wildman–Crippen LogP) is 3.89. The number of hydrogen-bond acceptors (Lipinski definition) is 2. The summed E-state index contributed by atoms with van der Waals surface area (Å²) >= 11 is 0. The Morgan fingerprint density at radius 3 is 2.62 bits per heavy atom. The van der Waals surface area contributed by atoms with Gasteiger partial charge >= 0.3 is 0 Å². The molecule has 0 aliphatic carbocycles. The van der Waals surface area contributed by atoms with Gasteiger partial charge in [-0.25, -0.2) is 0 Å². The van der Waals surface area contributed by atoms with E-state index in [1.165, 1.54) is 6.08 Å². The lowest BCUT2D eigenvalue weighted by atomic mass is 10.2. The van der Waals surface area contributed by atoms with Crippen LogP contribution in [0.25, 0.3) is 17.0 Å². The molecule has 0 fully saturated rings. The van der Waals surface area contributed by atoms with Gasteiger partial charge in [0.1, 0.15) is 0 Å². The first-order valence-electron chi connectivity index (χ1n) is 6.70. The summed E-state index contributed by atoms with van der Waals surface area (Å²) in [5.74, 6) is -0.170. The average Bonchev–Trinajstić information content (AvgIpc) is 2.54. The van der Waals surface area contributed by atoms with E-state index in [1.807, 2.05) is 60.7 Å². The highest BCUT2D eigenvalue weighted by Crippen LogP contribution is 2.16. The van der Waals surface area contributed by atoms with E-state index in [0.717, 1.165) is 16.5 Å². The Bertz CT molecular complexity index is 794. The van der Waals surface area contributed by atoms with Gasteiger partial charge in [-0.2, -0.15) is 0 Å². The molecule has 1 amide bonds. The van der Waals surface area contributed by atoms with Crippen LogP contribution in [0, 0.1) is 0 Å². The number of hydrogen-bond donors (Lipinski definition) is 1. The first kappa shape index (κ1) is 13.1. The molecule has 3 aromatic rings. The monoisotopic (exact) mass is 274 g/mol. The van der Waals surface area contributed by atoms with Crippen molar-refractivity contribution in [2.75, 3.05) is 5.32 Å². The Balaban J connectivity index is 1.73. The quantitative estimate of drug-likeness (QED) is 0.736. The molecular formula is C18H14N2O. The number of benzene rings is 2. The standard InChI is InChI=1S/C18H14N2O/c21-18(11-10-14-6-2-1-3-7-14)20-16-12-15-8-4-5-9-17(15)19-13-16/h1-13H,(H,20,21)/b11-10+. The molecule has 21 heavy (non-hydrogen) atoms. The van der Waals surface area contributed by atoms with Crippen LogP contribution in [0.3, 0.4) is 0 Å². The number of fused-ring (bicyclic) bond motifs is 1. The fourth-order valence-corrected chi connectivity index (χ4v) is 2.06. The highest BCUT2D eigenvalue weighted by Gasteiger charge is 2.00. The molecular weight excluding hydrogens is 260 g/mol. The molecule has 2 aromatic carbocycles. The van der Waals surface area contributed by atoms with E-state index < -0.39 is 0 Å². The normalized spacial score (nSPS) is 10.9. The number of nitrogens with zero attached hydrogens (tertiary/aromatic N) is 1. The van der Waals surface area contributed by atoms with Crippen molar-refractivity contribution in [3.8, 4) is 0 Å². The van der Waals surface area contributed by atoms with Crippen molar-refractivity contribution in [2.45, 2.75) is 0 Å². The van der Waals surface area contributed by atoms with Crippen molar-refractivity contribution in [1.29, 1.82) is 0 Å². The third-order valence-corrected chi connectivity index (χ3v) is 3.08. The van der Waals surface area contributed by atoms with Gasteiger partial charge in [0.05, 0.1) is 17.4 Å². The molecule has 0 aliphatic heterocycles. The van der Waals surface area contributed by atoms with Crippen LogP contribution in [0.4, 0.5) is 5.69 Å². The lowest BCUT2D eigenvalue weighted by molar-refractivity contribution is -0.111. The first-order chi connectivity index (χ1) is 10.3. The van der Waals surface area contributed by atoms with Crippen molar-refractivity contribution in [3.05, 3.63) is 78.5 Å². The number of carbonyl (C=O) groups excluding carboxylic acids is 1. The average molecular weight is 274 g/mol. The number of pyridine rings is 1. The maximum Gasteiger partial charge on any atom is 0.248 e. The van der Waals surface area contributed by atoms with Crippen LogP contribution in [0.2, 0.25) is 0 Å². The van der Waals surface area contributed by atoms with Gasteiger partial charge < -0.3 is 5.32 Å². The van der Waals surface area contributed by atoms with Crippen molar-refractivity contribution in [3.63, 3.8) is 0 Å². The van der Waals surface area contributed by atoms with Crippen LogP contribution in [0.15, 0.2) is 72.9 Å². The molecule has 0 spiro atoms. The van der Waals surface area contributed by atoms with E-state index in [9.17, 15) is 4.79 Å². The molecule has 1 heterocycles. The molecule has 0 saturated heterocycles. The van der Waals surface area contributed by atoms with E-state index in [0.29, 0.717) is 5.69 Å². The minimum atomic E-state index is -0.170. The molecule has 0 unspecified atom stereocenters. The van der Waals surface area contributed by atoms with Gasteiger partial charge in [0.2, 0.25) is 5.91 Å². The molecule has 0 bridgehead atoms. The number of para-hydroxylation sites is 1. The number of rotatable bonds is 3. The molecule has 3 rings (SSSR count). The summed E-state index contributed by atoms with van der Waals surface area (Å²) in [6.45, 7) is 0. The fraction of sp³-hybridized carbons (Fsp3) is 0. The Kier molecular flexibility index (Phi) is 3.74. The summed E-state index contributed by atoms with van der Waals surface area (Å²) in [5, 5.41) is 3.82. The third-order valence-electron chi connectivity index (χ3n) is 3.08. The van der Waals surface area contributed by atoms with Crippen LogP contribution >= 0.6 is 0 Å². The van der Waals surface area contributed by atoms with Crippen LogP contribution in [0.1, 0.15) is 5.56 Å². The van der Waals surface area contributed by atoms with E-state index in [1.54, 1.807) is 12.3 Å². The van der Waals surface area contributed by atoms with Crippen LogP contribution < -0.4 is 5.32 Å². The van der Waals surface area contributed by atoms with Crippen LogP contribution in [0.5, 0.6) is 0 Å². The second-order valence-electron chi connectivity index (χ2n) is 4.65. The number of anilines is 1. The number of aromatic nitrogens is 1. The van der Waals surface area contributed by atoms with E-state index in [-0.39, 0.29) is 5.91 Å². The van der Waals surface area contributed by atoms with Gasteiger partial charge in [-0.15, -0.1) is 0 Å². The van der Waals surface area contributed by atoms with Gasteiger partial charge in [-0.05, 0) is 23.8 Å². The molecule has 3 nitrogen and oxygen atoms in total. The van der Waals surface area contributed by atoms with E-state index in [4.69, 9.17) is 0 Å². The van der Waals surface area contributed by atoms with Crippen molar-refractivity contribution < 1.29 is 4.79 Å². The fourth-order valence-electron chi connectivity index (χ4n) is 2.06. The van der Waals surface area contributed by atoms with E-state index >= 15 is 0 Å². The van der Waals surface area contributed by atoms with Crippen LogP contribution in [-0.4, -0.2) is 10.9 Å². The summed E-state index contributed by atoms with van der Waals surface area (Å²) in [6, 6.07) is 19.4. The first-order valence-corrected chi connectivity index (χ1v) is 6.70.